The molecule has 1 aliphatic carbocycles. The second-order valence-electron chi connectivity index (χ2n) is 3.91. The molecule has 0 spiro atoms. The summed E-state index contributed by atoms with van der Waals surface area (Å²) in [6.45, 7) is 1.93. The third-order valence-corrected chi connectivity index (χ3v) is 2.92. The van der Waals surface area contributed by atoms with Crippen LogP contribution in [0.15, 0.2) is 18.2 Å². The molecule has 0 N–H and O–H groups in total. The maximum absolute atomic E-state index is 13.0. The van der Waals surface area contributed by atoms with Crippen LogP contribution in [-0.4, -0.2) is 5.78 Å². The number of halogens is 1. The quantitative estimate of drug-likeness (QED) is 0.668. The Morgan fingerprint density at radius 3 is 2.86 bits per heavy atom. The Balaban J connectivity index is 2.39. The van der Waals surface area contributed by atoms with Crippen LogP contribution in [0.4, 0.5) is 4.39 Å². The molecule has 0 aromatic heterocycles. The standard InChI is InChI=1S/C12H13FO/c1-8-5-6-9(13)7-11(8)10-3-2-4-12(10)14/h5-7,10H,2-4H2,1H3. The number of carbonyl (C=O) groups excluding carboxylic acids is 1. The lowest BCUT2D eigenvalue weighted by Crippen LogP contribution is -2.06. The zero-order valence-electron chi connectivity index (χ0n) is 8.22. The highest BCUT2D eigenvalue weighted by Crippen LogP contribution is 2.33. The first-order valence-corrected chi connectivity index (χ1v) is 4.97. The summed E-state index contributed by atoms with van der Waals surface area (Å²) in [7, 11) is 0. The van der Waals surface area contributed by atoms with Gasteiger partial charge in [-0.3, -0.25) is 4.79 Å². The van der Waals surface area contributed by atoms with Crippen molar-refractivity contribution in [2.75, 3.05) is 0 Å². The van der Waals surface area contributed by atoms with Crippen molar-refractivity contribution in [3.63, 3.8) is 0 Å². The fraction of sp³-hybridized carbons (Fsp3) is 0.417. The van der Waals surface area contributed by atoms with Gasteiger partial charge < -0.3 is 0 Å². The minimum absolute atomic E-state index is 0.0503. The van der Waals surface area contributed by atoms with E-state index in [-0.39, 0.29) is 17.5 Å². The van der Waals surface area contributed by atoms with Crippen LogP contribution >= 0.6 is 0 Å². The summed E-state index contributed by atoms with van der Waals surface area (Å²) in [6, 6.07) is 4.69. The summed E-state index contributed by atoms with van der Waals surface area (Å²) in [5.41, 5.74) is 1.90. The first-order valence-electron chi connectivity index (χ1n) is 4.97. The van der Waals surface area contributed by atoms with E-state index in [4.69, 9.17) is 0 Å². The number of rotatable bonds is 1. The van der Waals surface area contributed by atoms with E-state index in [1.165, 1.54) is 12.1 Å². The number of benzene rings is 1. The summed E-state index contributed by atoms with van der Waals surface area (Å²) < 4.78 is 13.0. The molecule has 0 radical (unpaired) electrons. The molecule has 1 fully saturated rings. The number of ketones is 1. The lowest BCUT2D eigenvalue weighted by molar-refractivity contribution is -0.118. The van der Waals surface area contributed by atoms with Crippen LogP contribution in [0.1, 0.15) is 36.3 Å². The average Bonchev–Trinajstić information content (AvgIpc) is 2.56. The van der Waals surface area contributed by atoms with E-state index in [2.05, 4.69) is 0 Å². The second kappa shape index (κ2) is 3.52. The van der Waals surface area contributed by atoms with Crippen LogP contribution in [0.5, 0.6) is 0 Å². The number of carbonyl (C=O) groups is 1. The van der Waals surface area contributed by atoms with Gasteiger partial charge in [-0.2, -0.15) is 0 Å². The van der Waals surface area contributed by atoms with E-state index in [1.807, 2.05) is 6.92 Å². The Labute approximate surface area is 82.9 Å². The van der Waals surface area contributed by atoms with Gasteiger partial charge >= 0.3 is 0 Å². The van der Waals surface area contributed by atoms with Crippen molar-refractivity contribution in [1.29, 1.82) is 0 Å². The van der Waals surface area contributed by atoms with Gasteiger partial charge in [-0.05, 0) is 43.0 Å². The smallest absolute Gasteiger partial charge is 0.140 e. The molecular formula is C12H13FO. The average molecular weight is 192 g/mol. The lowest BCUT2D eigenvalue weighted by atomic mass is 9.93. The SMILES string of the molecule is Cc1ccc(F)cc1C1CCCC1=O. The molecule has 74 valence electrons. The Hall–Kier alpha value is -1.18. The second-order valence-corrected chi connectivity index (χ2v) is 3.91. The molecule has 1 aromatic rings. The largest absolute Gasteiger partial charge is 0.299 e. The molecule has 1 aromatic carbocycles. The van der Waals surface area contributed by atoms with E-state index in [0.717, 1.165) is 24.0 Å². The summed E-state index contributed by atoms with van der Waals surface area (Å²) in [6.07, 6.45) is 2.48. The molecule has 1 unspecified atom stereocenters. The van der Waals surface area contributed by atoms with Gasteiger partial charge in [0.1, 0.15) is 11.6 Å². The van der Waals surface area contributed by atoms with Crippen LogP contribution in [0.3, 0.4) is 0 Å². The molecule has 2 heteroatoms. The van der Waals surface area contributed by atoms with Crippen molar-refractivity contribution in [1.82, 2.24) is 0 Å². The maximum Gasteiger partial charge on any atom is 0.140 e. The Morgan fingerprint density at radius 2 is 2.21 bits per heavy atom. The molecule has 2 rings (SSSR count). The van der Waals surface area contributed by atoms with Crippen molar-refractivity contribution in [3.05, 3.63) is 35.1 Å². The zero-order chi connectivity index (χ0) is 10.1. The summed E-state index contributed by atoms with van der Waals surface area (Å²) in [5.74, 6) is -0.0327. The molecule has 1 aliphatic rings. The predicted octanol–water partition coefficient (Wildman–Crippen LogP) is 2.97. The summed E-state index contributed by atoms with van der Waals surface area (Å²) in [5, 5.41) is 0. The van der Waals surface area contributed by atoms with Gasteiger partial charge in [0.15, 0.2) is 0 Å². The first-order chi connectivity index (χ1) is 6.68. The zero-order valence-corrected chi connectivity index (χ0v) is 8.22. The van der Waals surface area contributed by atoms with E-state index in [0.29, 0.717) is 6.42 Å². The van der Waals surface area contributed by atoms with E-state index in [9.17, 15) is 9.18 Å². The van der Waals surface area contributed by atoms with Gasteiger partial charge in [0.25, 0.3) is 0 Å². The molecule has 14 heavy (non-hydrogen) atoms. The highest BCUT2D eigenvalue weighted by molar-refractivity contribution is 5.87. The number of hydrogen-bond acceptors (Lipinski definition) is 1. The fourth-order valence-corrected chi connectivity index (χ4v) is 2.13. The molecule has 0 bridgehead atoms. The van der Waals surface area contributed by atoms with Crippen LogP contribution in [0.25, 0.3) is 0 Å². The third kappa shape index (κ3) is 1.57. The molecule has 0 heterocycles. The van der Waals surface area contributed by atoms with Crippen molar-refractivity contribution in [2.45, 2.75) is 32.1 Å². The first kappa shape index (κ1) is 9.38. The Kier molecular flexibility index (Phi) is 2.36. The Morgan fingerprint density at radius 1 is 1.43 bits per heavy atom. The fourth-order valence-electron chi connectivity index (χ4n) is 2.13. The molecule has 1 atom stereocenters. The van der Waals surface area contributed by atoms with Gasteiger partial charge in [-0.1, -0.05) is 6.07 Å². The van der Waals surface area contributed by atoms with Crippen LogP contribution in [-0.2, 0) is 4.79 Å². The van der Waals surface area contributed by atoms with E-state index in [1.54, 1.807) is 6.07 Å². The van der Waals surface area contributed by atoms with Crippen LogP contribution < -0.4 is 0 Å². The van der Waals surface area contributed by atoms with Crippen molar-refractivity contribution in [2.24, 2.45) is 0 Å². The molecule has 0 saturated heterocycles. The third-order valence-electron chi connectivity index (χ3n) is 2.92. The minimum Gasteiger partial charge on any atom is -0.299 e. The minimum atomic E-state index is -0.245. The van der Waals surface area contributed by atoms with Crippen molar-refractivity contribution < 1.29 is 9.18 Å². The van der Waals surface area contributed by atoms with Gasteiger partial charge in [0.05, 0.1) is 0 Å². The number of Topliss-reactive ketones (excluding diaryl/α,β-unsaturated/α-hetero) is 1. The van der Waals surface area contributed by atoms with Crippen molar-refractivity contribution >= 4 is 5.78 Å². The van der Waals surface area contributed by atoms with Crippen molar-refractivity contribution in [3.8, 4) is 0 Å². The van der Waals surface area contributed by atoms with E-state index >= 15 is 0 Å². The molecular weight excluding hydrogens is 179 g/mol. The molecule has 0 amide bonds. The predicted molar refractivity (Wildman–Crippen MR) is 52.7 cm³/mol. The van der Waals surface area contributed by atoms with Crippen LogP contribution in [0.2, 0.25) is 0 Å². The number of hydrogen-bond donors (Lipinski definition) is 0. The normalized spacial score (nSPS) is 21.6. The van der Waals surface area contributed by atoms with Gasteiger partial charge in [0.2, 0.25) is 0 Å². The van der Waals surface area contributed by atoms with Gasteiger partial charge in [0, 0.05) is 12.3 Å². The van der Waals surface area contributed by atoms with Gasteiger partial charge in [-0.25, -0.2) is 4.39 Å². The van der Waals surface area contributed by atoms with Crippen LogP contribution in [0, 0.1) is 12.7 Å². The lowest BCUT2D eigenvalue weighted by Gasteiger charge is -2.11. The monoisotopic (exact) mass is 192 g/mol. The highest BCUT2D eigenvalue weighted by Gasteiger charge is 2.27. The molecule has 1 nitrogen and oxygen atoms in total. The van der Waals surface area contributed by atoms with Gasteiger partial charge in [-0.15, -0.1) is 0 Å². The summed E-state index contributed by atoms with van der Waals surface area (Å²) in [4.78, 5) is 11.5. The molecule has 0 aliphatic heterocycles. The maximum atomic E-state index is 13.0. The van der Waals surface area contributed by atoms with E-state index < -0.39 is 0 Å². The molecule has 1 saturated carbocycles. The highest BCUT2D eigenvalue weighted by atomic mass is 19.1. The topological polar surface area (TPSA) is 17.1 Å². The summed E-state index contributed by atoms with van der Waals surface area (Å²) >= 11 is 0. The Bertz CT molecular complexity index is 371. The number of aryl methyl sites for hydroxylation is 1.